The first-order chi connectivity index (χ1) is 12.2. The summed E-state index contributed by atoms with van der Waals surface area (Å²) in [7, 11) is 1.61. The van der Waals surface area contributed by atoms with Crippen LogP contribution in [0.5, 0.6) is 5.75 Å². The molecule has 1 N–H and O–H groups in total. The third kappa shape index (κ3) is 4.83. The van der Waals surface area contributed by atoms with Gasteiger partial charge in [0.15, 0.2) is 0 Å². The van der Waals surface area contributed by atoms with Crippen molar-refractivity contribution in [3.8, 4) is 5.75 Å². The van der Waals surface area contributed by atoms with Crippen molar-refractivity contribution in [2.24, 2.45) is 5.92 Å². The monoisotopic (exact) mass is 338 g/mol. The number of methoxy groups -OCH3 is 1. The molecule has 0 spiro atoms. The van der Waals surface area contributed by atoms with E-state index in [2.05, 4.69) is 29.3 Å². The number of ether oxygens (including phenoxy) is 1. The van der Waals surface area contributed by atoms with Crippen molar-refractivity contribution in [2.45, 2.75) is 32.4 Å². The van der Waals surface area contributed by atoms with Crippen molar-refractivity contribution < 1.29 is 9.53 Å². The number of hydrogen-bond acceptors (Lipinski definition) is 3. The molecule has 4 nitrogen and oxygen atoms in total. The maximum atomic E-state index is 12.6. The SMILES string of the molecule is COc1ccccc1NC(=O)CN(Cc1ccccc1)[C@@H](C)C1CC1. The fraction of sp³-hybridized carbons (Fsp3) is 0.381. The maximum absolute atomic E-state index is 12.6. The van der Waals surface area contributed by atoms with E-state index < -0.39 is 0 Å². The molecule has 0 unspecified atom stereocenters. The number of amides is 1. The number of benzene rings is 2. The van der Waals surface area contributed by atoms with Crippen LogP contribution in [-0.4, -0.2) is 30.5 Å². The zero-order chi connectivity index (χ0) is 17.6. The summed E-state index contributed by atoms with van der Waals surface area (Å²) in [5.41, 5.74) is 1.95. The van der Waals surface area contributed by atoms with E-state index in [1.807, 2.05) is 42.5 Å². The van der Waals surface area contributed by atoms with Gasteiger partial charge >= 0.3 is 0 Å². The molecule has 132 valence electrons. The quantitative estimate of drug-likeness (QED) is 0.793. The molecule has 0 aliphatic heterocycles. The summed E-state index contributed by atoms with van der Waals surface area (Å²) in [6, 6.07) is 18.3. The van der Waals surface area contributed by atoms with Crippen LogP contribution in [0, 0.1) is 5.92 Å². The number of anilines is 1. The summed E-state index contributed by atoms with van der Waals surface area (Å²) in [5, 5.41) is 2.99. The Bertz CT molecular complexity index is 698. The molecule has 2 aromatic rings. The molecule has 1 aliphatic carbocycles. The first-order valence-corrected chi connectivity index (χ1v) is 8.88. The predicted molar refractivity (Wildman–Crippen MR) is 101 cm³/mol. The molecule has 1 aliphatic rings. The summed E-state index contributed by atoms with van der Waals surface area (Å²) in [5.74, 6) is 1.39. The maximum Gasteiger partial charge on any atom is 0.238 e. The van der Waals surface area contributed by atoms with Gasteiger partial charge in [-0.2, -0.15) is 0 Å². The van der Waals surface area contributed by atoms with Crippen LogP contribution in [0.2, 0.25) is 0 Å². The lowest BCUT2D eigenvalue weighted by atomic mass is 10.1. The Kier molecular flexibility index (Phi) is 5.71. The summed E-state index contributed by atoms with van der Waals surface area (Å²) in [4.78, 5) is 14.9. The number of para-hydroxylation sites is 2. The minimum atomic E-state index is -0.00655. The van der Waals surface area contributed by atoms with E-state index in [1.54, 1.807) is 7.11 Å². The fourth-order valence-electron chi connectivity index (χ4n) is 3.16. The number of carbonyl (C=O) groups excluding carboxylic acids is 1. The standard InChI is InChI=1S/C21H26N2O2/c1-16(18-12-13-18)23(14-17-8-4-3-5-9-17)15-21(24)22-19-10-6-7-11-20(19)25-2/h3-11,16,18H,12-15H2,1-2H3,(H,22,24)/t16-/m0/s1. The zero-order valence-electron chi connectivity index (χ0n) is 14.9. The summed E-state index contributed by atoms with van der Waals surface area (Å²) >= 11 is 0. The van der Waals surface area contributed by atoms with E-state index in [4.69, 9.17) is 4.74 Å². The molecule has 0 aromatic heterocycles. The van der Waals surface area contributed by atoms with Crippen LogP contribution < -0.4 is 10.1 Å². The average molecular weight is 338 g/mol. The van der Waals surface area contributed by atoms with Crippen molar-refractivity contribution in [3.63, 3.8) is 0 Å². The Morgan fingerprint density at radius 2 is 1.84 bits per heavy atom. The Labute approximate surface area is 149 Å². The smallest absolute Gasteiger partial charge is 0.238 e. The second kappa shape index (κ2) is 8.17. The molecule has 25 heavy (non-hydrogen) atoms. The van der Waals surface area contributed by atoms with Crippen LogP contribution in [-0.2, 0) is 11.3 Å². The van der Waals surface area contributed by atoms with Gasteiger partial charge in [-0.1, -0.05) is 42.5 Å². The summed E-state index contributed by atoms with van der Waals surface area (Å²) < 4.78 is 5.31. The first-order valence-electron chi connectivity index (χ1n) is 8.88. The zero-order valence-corrected chi connectivity index (χ0v) is 14.9. The summed E-state index contributed by atoms with van der Waals surface area (Å²) in [6.45, 7) is 3.40. The highest BCUT2D eigenvalue weighted by Crippen LogP contribution is 2.35. The van der Waals surface area contributed by atoms with Gasteiger partial charge in [-0.3, -0.25) is 9.69 Å². The molecule has 1 atom stereocenters. The van der Waals surface area contributed by atoms with Gasteiger partial charge in [-0.05, 0) is 43.4 Å². The van der Waals surface area contributed by atoms with Crippen LogP contribution in [0.1, 0.15) is 25.3 Å². The molecule has 0 radical (unpaired) electrons. The molecular weight excluding hydrogens is 312 g/mol. The lowest BCUT2D eigenvalue weighted by molar-refractivity contribution is -0.118. The van der Waals surface area contributed by atoms with E-state index in [1.165, 1.54) is 18.4 Å². The Hall–Kier alpha value is -2.33. The first kappa shape index (κ1) is 17.5. The van der Waals surface area contributed by atoms with Gasteiger partial charge in [0, 0.05) is 12.6 Å². The molecule has 0 saturated heterocycles. The molecule has 1 fully saturated rings. The van der Waals surface area contributed by atoms with Gasteiger partial charge in [0.2, 0.25) is 5.91 Å². The lowest BCUT2D eigenvalue weighted by Gasteiger charge is -2.29. The Morgan fingerprint density at radius 3 is 2.52 bits per heavy atom. The van der Waals surface area contributed by atoms with E-state index >= 15 is 0 Å². The molecule has 4 heteroatoms. The van der Waals surface area contributed by atoms with Crippen LogP contribution in [0.3, 0.4) is 0 Å². The predicted octanol–water partition coefficient (Wildman–Crippen LogP) is 3.93. The van der Waals surface area contributed by atoms with Crippen molar-refractivity contribution in [1.29, 1.82) is 0 Å². The van der Waals surface area contributed by atoms with Crippen LogP contribution in [0.4, 0.5) is 5.69 Å². The second-order valence-corrected chi connectivity index (χ2v) is 6.72. The van der Waals surface area contributed by atoms with Crippen molar-refractivity contribution >= 4 is 11.6 Å². The van der Waals surface area contributed by atoms with E-state index in [9.17, 15) is 4.79 Å². The van der Waals surface area contributed by atoms with Crippen molar-refractivity contribution in [2.75, 3.05) is 19.0 Å². The third-order valence-electron chi connectivity index (χ3n) is 4.84. The molecule has 0 heterocycles. The normalized spacial score (nSPS) is 15.0. The van der Waals surface area contributed by atoms with Gasteiger partial charge < -0.3 is 10.1 Å². The third-order valence-corrected chi connectivity index (χ3v) is 4.84. The number of rotatable bonds is 8. The van der Waals surface area contributed by atoms with Gasteiger partial charge in [-0.15, -0.1) is 0 Å². The van der Waals surface area contributed by atoms with E-state index in [-0.39, 0.29) is 5.91 Å². The fourth-order valence-corrected chi connectivity index (χ4v) is 3.16. The number of hydrogen-bond donors (Lipinski definition) is 1. The van der Waals surface area contributed by atoms with E-state index in [0.29, 0.717) is 29.9 Å². The van der Waals surface area contributed by atoms with E-state index in [0.717, 1.165) is 6.54 Å². The van der Waals surface area contributed by atoms with Crippen molar-refractivity contribution in [1.82, 2.24) is 4.90 Å². The molecule has 2 aromatic carbocycles. The van der Waals surface area contributed by atoms with Crippen LogP contribution in [0.25, 0.3) is 0 Å². The average Bonchev–Trinajstić information content (AvgIpc) is 3.47. The van der Waals surface area contributed by atoms with Gasteiger partial charge in [0.25, 0.3) is 0 Å². The Balaban J connectivity index is 1.67. The summed E-state index contributed by atoms with van der Waals surface area (Å²) in [6.07, 6.45) is 2.53. The van der Waals surface area contributed by atoms with Gasteiger partial charge in [0.1, 0.15) is 5.75 Å². The highest BCUT2D eigenvalue weighted by Gasteiger charge is 2.32. The molecule has 3 rings (SSSR count). The number of carbonyl (C=O) groups is 1. The van der Waals surface area contributed by atoms with Crippen molar-refractivity contribution in [3.05, 3.63) is 60.2 Å². The van der Waals surface area contributed by atoms with Crippen LogP contribution in [0.15, 0.2) is 54.6 Å². The highest BCUT2D eigenvalue weighted by atomic mass is 16.5. The topological polar surface area (TPSA) is 41.6 Å². The second-order valence-electron chi connectivity index (χ2n) is 6.72. The number of nitrogens with zero attached hydrogens (tertiary/aromatic N) is 1. The largest absolute Gasteiger partial charge is 0.495 e. The molecule has 1 saturated carbocycles. The minimum Gasteiger partial charge on any atom is -0.495 e. The van der Waals surface area contributed by atoms with Gasteiger partial charge in [-0.25, -0.2) is 0 Å². The van der Waals surface area contributed by atoms with Crippen LogP contribution >= 0.6 is 0 Å². The Morgan fingerprint density at radius 1 is 1.16 bits per heavy atom. The molecule has 1 amide bonds. The molecule has 0 bridgehead atoms. The number of nitrogens with one attached hydrogen (secondary N) is 1. The highest BCUT2D eigenvalue weighted by molar-refractivity contribution is 5.93. The molecular formula is C21H26N2O2. The lowest BCUT2D eigenvalue weighted by Crippen LogP contribution is -2.40. The minimum absolute atomic E-state index is 0.00655. The van der Waals surface area contributed by atoms with Gasteiger partial charge in [0.05, 0.1) is 19.3 Å².